The summed E-state index contributed by atoms with van der Waals surface area (Å²) < 4.78 is 12.8. The molecule has 0 aromatic carbocycles. The molecule has 0 N–H and O–H groups in total. The van der Waals surface area contributed by atoms with Crippen molar-refractivity contribution in [3.05, 3.63) is 23.6 Å². The van der Waals surface area contributed by atoms with E-state index >= 15 is 0 Å². The maximum absolute atomic E-state index is 12.8. The third kappa shape index (κ3) is 0.731. The monoisotopic (exact) mass is 138 g/mol. The molecule has 1 unspecified atom stereocenters. The minimum atomic E-state index is 0.0231. The minimum absolute atomic E-state index is 0.0231. The lowest BCUT2D eigenvalue weighted by molar-refractivity contribution is 0.445. The van der Waals surface area contributed by atoms with Gasteiger partial charge in [-0.05, 0) is 36.3 Å². The molecule has 2 bridgehead atoms. The van der Waals surface area contributed by atoms with Crippen molar-refractivity contribution in [2.24, 2.45) is 5.41 Å². The van der Waals surface area contributed by atoms with Crippen molar-refractivity contribution in [1.29, 1.82) is 0 Å². The fourth-order valence-corrected chi connectivity index (χ4v) is 1.84. The Bertz CT molecular complexity index is 225. The largest absolute Gasteiger partial charge is 0.207 e. The summed E-state index contributed by atoms with van der Waals surface area (Å²) >= 11 is 0. The van der Waals surface area contributed by atoms with Crippen LogP contribution in [0.1, 0.15) is 26.2 Å². The van der Waals surface area contributed by atoms with Crippen LogP contribution in [-0.4, -0.2) is 0 Å². The Balaban J connectivity index is 2.41. The number of hydrogen-bond donors (Lipinski definition) is 0. The van der Waals surface area contributed by atoms with Crippen molar-refractivity contribution in [3.63, 3.8) is 0 Å². The van der Waals surface area contributed by atoms with E-state index in [0.29, 0.717) is 5.41 Å². The normalized spacial score (nSPS) is 37.4. The number of rotatable bonds is 0. The van der Waals surface area contributed by atoms with Gasteiger partial charge in [0.25, 0.3) is 0 Å². The highest BCUT2D eigenvalue weighted by molar-refractivity contribution is 5.32. The lowest BCUT2D eigenvalue weighted by Crippen LogP contribution is -2.07. The molecule has 54 valence electrons. The van der Waals surface area contributed by atoms with Crippen molar-refractivity contribution in [2.45, 2.75) is 26.2 Å². The van der Waals surface area contributed by atoms with Gasteiger partial charge in [0.2, 0.25) is 0 Å². The molecular formula is C9H11F. The molecule has 0 aromatic rings. The first-order valence-corrected chi connectivity index (χ1v) is 3.76. The molecule has 0 aliphatic heterocycles. The van der Waals surface area contributed by atoms with Crippen LogP contribution >= 0.6 is 0 Å². The van der Waals surface area contributed by atoms with E-state index in [1.54, 1.807) is 6.08 Å². The Labute approximate surface area is 60.4 Å². The van der Waals surface area contributed by atoms with Crippen molar-refractivity contribution in [1.82, 2.24) is 0 Å². The fourth-order valence-electron chi connectivity index (χ4n) is 1.84. The molecule has 1 saturated carbocycles. The zero-order valence-corrected chi connectivity index (χ0v) is 6.15. The zero-order chi connectivity index (χ0) is 7.19. The molecule has 2 aliphatic carbocycles. The Morgan fingerprint density at radius 2 is 2.40 bits per heavy atom. The number of allylic oxidation sites excluding steroid dienone is 4. The average molecular weight is 138 g/mol. The molecule has 0 nitrogen and oxygen atoms in total. The summed E-state index contributed by atoms with van der Waals surface area (Å²) in [7, 11) is 0. The van der Waals surface area contributed by atoms with Crippen LogP contribution in [0.4, 0.5) is 4.39 Å². The van der Waals surface area contributed by atoms with Crippen molar-refractivity contribution in [2.75, 3.05) is 0 Å². The summed E-state index contributed by atoms with van der Waals surface area (Å²) in [5.74, 6) is 0.0231. The van der Waals surface area contributed by atoms with Crippen LogP contribution in [0.25, 0.3) is 0 Å². The molecule has 10 heavy (non-hydrogen) atoms. The molecule has 1 heteroatoms. The maximum Gasteiger partial charge on any atom is 0.122 e. The zero-order valence-electron chi connectivity index (χ0n) is 6.15. The van der Waals surface area contributed by atoms with Crippen LogP contribution in [0.2, 0.25) is 0 Å². The number of hydrogen-bond acceptors (Lipinski definition) is 0. The first kappa shape index (κ1) is 6.14. The van der Waals surface area contributed by atoms with E-state index in [9.17, 15) is 4.39 Å². The van der Waals surface area contributed by atoms with Crippen LogP contribution in [0.3, 0.4) is 0 Å². The highest BCUT2D eigenvalue weighted by atomic mass is 19.1. The molecule has 0 aromatic heterocycles. The topological polar surface area (TPSA) is 0 Å². The first-order chi connectivity index (χ1) is 4.70. The van der Waals surface area contributed by atoms with Gasteiger partial charge in [-0.25, -0.2) is 4.39 Å². The van der Waals surface area contributed by atoms with E-state index in [-0.39, 0.29) is 5.83 Å². The van der Waals surface area contributed by atoms with Crippen LogP contribution in [-0.2, 0) is 0 Å². The summed E-state index contributed by atoms with van der Waals surface area (Å²) in [6, 6.07) is 0. The molecule has 1 atom stereocenters. The highest BCUT2D eigenvalue weighted by Crippen LogP contribution is 2.46. The minimum Gasteiger partial charge on any atom is -0.207 e. The summed E-state index contributed by atoms with van der Waals surface area (Å²) in [6.45, 7) is 2.20. The first-order valence-electron chi connectivity index (χ1n) is 3.76. The molecule has 0 amide bonds. The fraction of sp³-hybridized carbons (Fsp3) is 0.556. The quantitative estimate of drug-likeness (QED) is 0.482. The Hall–Kier alpha value is -0.590. The molecular weight excluding hydrogens is 127 g/mol. The number of fused-ring (bicyclic) bond motifs is 2. The van der Waals surface area contributed by atoms with Crippen molar-refractivity contribution < 1.29 is 4.39 Å². The van der Waals surface area contributed by atoms with E-state index in [1.165, 1.54) is 0 Å². The summed E-state index contributed by atoms with van der Waals surface area (Å²) in [5, 5.41) is 0. The van der Waals surface area contributed by atoms with E-state index in [1.807, 2.05) is 6.08 Å². The Morgan fingerprint density at radius 3 is 3.10 bits per heavy atom. The lowest BCUT2D eigenvalue weighted by Gasteiger charge is -2.19. The molecule has 0 radical (unpaired) electrons. The van der Waals surface area contributed by atoms with Crippen molar-refractivity contribution >= 4 is 0 Å². The standard InChI is InChI=1S/C9H11F/c1-9-4-2-7(6-9)8(10)3-5-9/h3,5H,2,4,6H2,1H3. The van der Waals surface area contributed by atoms with Crippen LogP contribution in [0, 0.1) is 5.41 Å². The van der Waals surface area contributed by atoms with Crippen molar-refractivity contribution in [3.8, 4) is 0 Å². The molecule has 2 rings (SSSR count). The smallest absolute Gasteiger partial charge is 0.122 e. The van der Waals surface area contributed by atoms with Gasteiger partial charge in [-0.1, -0.05) is 13.0 Å². The van der Waals surface area contributed by atoms with Gasteiger partial charge in [0.15, 0.2) is 0 Å². The Kier molecular flexibility index (Phi) is 1.05. The summed E-state index contributed by atoms with van der Waals surface area (Å²) in [6.07, 6.45) is 6.70. The SMILES string of the molecule is CC12C=CC(F)=C(CC1)C2. The van der Waals surface area contributed by atoms with Gasteiger partial charge < -0.3 is 0 Å². The molecule has 0 saturated heterocycles. The van der Waals surface area contributed by atoms with Gasteiger partial charge in [-0.3, -0.25) is 0 Å². The predicted molar refractivity (Wildman–Crippen MR) is 39.2 cm³/mol. The van der Waals surface area contributed by atoms with Gasteiger partial charge in [0.05, 0.1) is 0 Å². The van der Waals surface area contributed by atoms with Gasteiger partial charge >= 0.3 is 0 Å². The highest BCUT2D eigenvalue weighted by Gasteiger charge is 2.33. The van der Waals surface area contributed by atoms with E-state index in [4.69, 9.17) is 0 Å². The van der Waals surface area contributed by atoms with E-state index < -0.39 is 0 Å². The Morgan fingerprint density at radius 1 is 1.60 bits per heavy atom. The molecule has 0 spiro atoms. The van der Waals surface area contributed by atoms with Gasteiger partial charge in [-0.2, -0.15) is 0 Å². The van der Waals surface area contributed by atoms with E-state index in [0.717, 1.165) is 24.8 Å². The van der Waals surface area contributed by atoms with Gasteiger partial charge in [-0.15, -0.1) is 0 Å². The third-order valence-corrected chi connectivity index (χ3v) is 2.58. The lowest BCUT2D eigenvalue weighted by atomic mass is 9.86. The van der Waals surface area contributed by atoms with Gasteiger partial charge in [0.1, 0.15) is 5.83 Å². The molecule has 0 heterocycles. The molecule has 1 fully saturated rings. The third-order valence-electron chi connectivity index (χ3n) is 2.58. The average Bonchev–Trinajstić information content (AvgIpc) is 2.23. The van der Waals surface area contributed by atoms with E-state index in [2.05, 4.69) is 6.92 Å². The molecule has 2 aliphatic rings. The van der Waals surface area contributed by atoms with Crippen LogP contribution in [0.5, 0.6) is 0 Å². The second-order valence-corrected chi connectivity index (χ2v) is 3.62. The number of halogens is 1. The summed E-state index contributed by atoms with van der Waals surface area (Å²) in [4.78, 5) is 0. The maximum atomic E-state index is 12.8. The second-order valence-electron chi connectivity index (χ2n) is 3.62. The predicted octanol–water partition coefficient (Wildman–Crippen LogP) is 2.97. The van der Waals surface area contributed by atoms with Crippen LogP contribution < -0.4 is 0 Å². The second kappa shape index (κ2) is 1.71. The van der Waals surface area contributed by atoms with Gasteiger partial charge in [0, 0.05) is 0 Å². The summed E-state index contributed by atoms with van der Waals surface area (Å²) in [5.41, 5.74) is 1.33. The van der Waals surface area contributed by atoms with Crippen LogP contribution in [0.15, 0.2) is 23.6 Å².